The average molecular weight is 388 g/mol. The third-order valence-corrected chi connectivity index (χ3v) is 3.13. The van der Waals surface area contributed by atoms with Crippen LogP contribution < -0.4 is 42.5 Å². The molecule has 0 aliphatic rings. The van der Waals surface area contributed by atoms with Crippen LogP contribution in [0.5, 0.6) is 0 Å². The van der Waals surface area contributed by atoms with Gasteiger partial charge >= 0.3 is 24.1 Å². The Morgan fingerprint density at radius 1 is 0.519 bits per heavy atom. The fraction of sp³-hybridized carbons (Fsp3) is 0.733. The number of unbranched alkanes of at least 4 members (excludes halogenated alkanes) is 1. The number of hydrogen-bond acceptors (Lipinski definition) is 4. The van der Waals surface area contributed by atoms with Crippen molar-refractivity contribution in [2.45, 2.75) is 19.8 Å². The average Bonchev–Trinajstić information content (AvgIpc) is 2.65. The highest BCUT2D eigenvalue weighted by Crippen LogP contribution is 1.84. The van der Waals surface area contributed by atoms with E-state index in [1.54, 1.807) is 0 Å². The van der Waals surface area contributed by atoms with E-state index in [0.29, 0.717) is 58.7 Å². The van der Waals surface area contributed by atoms with Gasteiger partial charge in [0.15, 0.2) is 0 Å². The maximum Gasteiger partial charge on any atom is 0.314 e. The van der Waals surface area contributed by atoms with Gasteiger partial charge in [0.1, 0.15) is 0 Å². The summed E-state index contributed by atoms with van der Waals surface area (Å²) in [7, 11) is 1.51. The Morgan fingerprint density at radius 2 is 0.852 bits per heavy atom. The molecule has 0 spiro atoms. The van der Waals surface area contributed by atoms with Crippen LogP contribution in [0.15, 0.2) is 0 Å². The van der Waals surface area contributed by atoms with Gasteiger partial charge < -0.3 is 42.5 Å². The van der Waals surface area contributed by atoms with Crippen LogP contribution in [-0.2, 0) is 0 Å². The number of urea groups is 4. The molecule has 12 heteroatoms. The molecule has 0 heterocycles. The second-order valence-electron chi connectivity index (χ2n) is 5.36. The number of hydrogen-bond donors (Lipinski definition) is 8. The maximum atomic E-state index is 11.5. The molecule has 0 unspecified atom stereocenters. The molecule has 0 aromatic carbocycles. The van der Waals surface area contributed by atoms with Gasteiger partial charge in [-0.05, 0) is 19.8 Å². The number of carbonyl (C=O) groups excluding carboxylic acids is 4. The summed E-state index contributed by atoms with van der Waals surface area (Å²) in [6, 6.07) is -1.17. The van der Waals surface area contributed by atoms with Gasteiger partial charge in [0, 0.05) is 52.9 Å². The first kappa shape index (κ1) is 24.1. The number of amides is 8. The lowest BCUT2D eigenvalue weighted by Crippen LogP contribution is -2.43. The lowest BCUT2D eigenvalue weighted by molar-refractivity contribution is 0.236. The molecule has 0 aromatic heterocycles. The molecule has 8 amide bonds. The van der Waals surface area contributed by atoms with Crippen LogP contribution in [0.3, 0.4) is 0 Å². The molecule has 0 bridgehead atoms. The number of carbonyl (C=O) groups is 4. The first-order valence-electron chi connectivity index (χ1n) is 9.00. The van der Waals surface area contributed by atoms with E-state index in [4.69, 9.17) is 0 Å². The van der Waals surface area contributed by atoms with Gasteiger partial charge in [0.2, 0.25) is 0 Å². The first-order chi connectivity index (χ1) is 13.0. The highest BCUT2D eigenvalue weighted by Gasteiger charge is 2.02. The monoisotopic (exact) mass is 388 g/mol. The Balaban J connectivity index is 3.42. The van der Waals surface area contributed by atoms with E-state index in [9.17, 15) is 19.2 Å². The molecule has 0 aliphatic carbocycles. The Kier molecular flexibility index (Phi) is 14.8. The third-order valence-electron chi connectivity index (χ3n) is 3.13. The quantitative estimate of drug-likeness (QED) is 0.193. The summed E-state index contributed by atoms with van der Waals surface area (Å²) in [5, 5.41) is 20.7. The van der Waals surface area contributed by atoms with E-state index in [2.05, 4.69) is 42.5 Å². The largest absolute Gasteiger partial charge is 0.341 e. The molecular formula is C15H32N8O4. The minimum atomic E-state index is -0.306. The maximum absolute atomic E-state index is 11.5. The SMILES string of the molecule is CCNC(=O)NCCNC(=O)NCCCCNC(=O)NCCNC(=O)NC. The Morgan fingerprint density at radius 3 is 1.22 bits per heavy atom. The molecule has 27 heavy (non-hydrogen) atoms. The predicted octanol–water partition coefficient (Wildman–Crippen LogP) is -1.39. The van der Waals surface area contributed by atoms with E-state index in [1.165, 1.54) is 7.05 Å². The first-order valence-corrected chi connectivity index (χ1v) is 9.00. The van der Waals surface area contributed by atoms with Crippen molar-refractivity contribution in [1.29, 1.82) is 0 Å². The molecular weight excluding hydrogens is 356 g/mol. The Hall–Kier alpha value is -2.92. The number of nitrogens with one attached hydrogen (secondary N) is 8. The summed E-state index contributed by atoms with van der Waals surface area (Å²) in [4.78, 5) is 45.0. The van der Waals surface area contributed by atoms with Crippen molar-refractivity contribution in [2.75, 3.05) is 52.9 Å². The van der Waals surface area contributed by atoms with Gasteiger partial charge in [-0.25, -0.2) is 19.2 Å². The highest BCUT2D eigenvalue weighted by atomic mass is 16.2. The van der Waals surface area contributed by atoms with Crippen LogP contribution in [0.25, 0.3) is 0 Å². The lowest BCUT2D eigenvalue weighted by Gasteiger charge is -2.10. The molecule has 0 saturated heterocycles. The summed E-state index contributed by atoms with van der Waals surface area (Å²) in [6.07, 6.45) is 1.42. The summed E-state index contributed by atoms with van der Waals surface area (Å²) < 4.78 is 0. The van der Waals surface area contributed by atoms with Crippen LogP contribution in [0.1, 0.15) is 19.8 Å². The van der Waals surface area contributed by atoms with Gasteiger partial charge in [0.25, 0.3) is 0 Å². The molecule has 0 aromatic rings. The van der Waals surface area contributed by atoms with E-state index >= 15 is 0 Å². The minimum absolute atomic E-state index is 0.265. The summed E-state index contributed by atoms with van der Waals surface area (Å²) in [5.41, 5.74) is 0. The molecule has 12 nitrogen and oxygen atoms in total. The molecule has 156 valence electrons. The summed E-state index contributed by atoms with van der Waals surface area (Å²) in [6.45, 7) is 4.67. The topological polar surface area (TPSA) is 165 Å². The summed E-state index contributed by atoms with van der Waals surface area (Å²) in [5.74, 6) is 0. The van der Waals surface area contributed by atoms with E-state index in [1.807, 2.05) is 6.92 Å². The normalized spacial score (nSPS) is 9.56. The standard InChI is InChI=1S/C15H32N8O4/c1-3-17-13(25)21-10-11-23-15(27)19-7-5-4-6-18-14(26)22-9-8-20-12(24)16-2/h3-11H2,1-2H3,(H2,16,20,24)(H2,17,21,25)(H2,18,22,26)(H2,19,23,27). The fourth-order valence-electron chi connectivity index (χ4n) is 1.79. The van der Waals surface area contributed by atoms with Crippen molar-refractivity contribution in [2.24, 2.45) is 0 Å². The van der Waals surface area contributed by atoms with Crippen LogP contribution >= 0.6 is 0 Å². The third kappa shape index (κ3) is 16.3. The molecule has 0 atom stereocenters. The minimum Gasteiger partial charge on any atom is -0.341 e. The van der Waals surface area contributed by atoms with E-state index in [0.717, 1.165) is 0 Å². The molecule has 8 N–H and O–H groups in total. The van der Waals surface area contributed by atoms with E-state index < -0.39 is 0 Å². The van der Waals surface area contributed by atoms with Gasteiger partial charge in [-0.3, -0.25) is 0 Å². The zero-order chi connectivity index (χ0) is 20.3. The van der Waals surface area contributed by atoms with Crippen LogP contribution in [0.4, 0.5) is 19.2 Å². The van der Waals surface area contributed by atoms with Gasteiger partial charge in [-0.2, -0.15) is 0 Å². The molecule has 0 rings (SSSR count). The Labute approximate surface area is 159 Å². The van der Waals surface area contributed by atoms with Crippen molar-refractivity contribution >= 4 is 24.1 Å². The predicted molar refractivity (Wildman–Crippen MR) is 102 cm³/mol. The van der Waals surface area contributed by atoms with Crippen LogP contribution in [-0.4, -0.2) is 77.0 Å². The molecule has 0 saturated carbocycles. The van der Waals surface area contributed by atoms with Crippen molar-refractivity contribution in [3.63, 3.8) is 0 Å². The number of rotatable bonds is 12. The van der Waals surface area contributed by atoms with Crippen molar-refractivity contribution < 1.29 is 19.2 Å². The molecule has 0 fully saturated rings. The van der Waals surface area contributed by atoms with E-state index in [-0.39, 0.29) is 24.1 Å². The van der Waals surface area contributed by atoms with Crippen LogP contribution in [0.2, 0.25) is 0 Å². The zero-order valence-corrected chi connectivity index (χ0v) is 16.0. The lowest BCUT2D eigenvalue weighted by atomic mass is 10.3. The second-order valence-corrected chi connectivity index (χ2v) is 5.36. The summed E-state index contributed by atoms with van der Waals surface area (Å²) >= 11 is 0. The zero-order valence-electron chi connectivity index (χ0n) is 16.0. The second kappa shape index (κ2) is 16.5. The van der Waals surface area contributed by atoms with Gasteiger partial charge in [-0.1, -0.05) is 0 Å². The fourth-order valence-corrected chi connectivity index (χ4v) is 1.79. The van der Waals surface area contributed by atoms with Crippen molar-refractivity contribution in [3.8, 4) is 0 Å². The van der Waals surface area contributed by atoms with Crippen molar-refractivity contribution in [3.05, 3.63) is 0 Å². The molecule has 0 radical (unpaired) electrons. The smallest absolute Gasteiger partial charge is 0.314 e. The van der Waals surface area contributed by atoms with Gasteiger partial charge in [0.05, 0.1) is 0 Å². The van der Waals surface area contributed by atoms with Crippen molar-refractivity contribution in [1.82, 2.24) is 42.5 Å². The van der Waals surface area contributed by atoms with Crippen LogP contribution in [0, 0.1) is 0 Å². The highest BCUT2D eigenvalue weighted by molar-refractivity contribution is 5.75. The molecule has 0 aliphatic heterocycles. The van der Waals surface area contributed by atoms with Gasteiger partial charge in [-0.15, -0.1) is 0 Å². The Bertz CT molecular complexity index is 461.